The maximum Gasteiger partial charge on any atom is 0.340 e. The fourth-order valence-electron chi connectivity index (χ4n) is 1.40. The summed E-state index contributed by atoms with van der Waals surface area (Å²) in [6, 6.07) is 1.83. The van der Waals surface area contributed by atoms with Crippen molar-refractivity contribution < 1.29 is 28.3 Å². The van der Waals surface area contributed by atoms with E-state index in [0.717, 1.165) is 6.08 Å². The Morgan fingerprint density at radius 1 is 1.24 bits per heavy atom. The van der Waals surface area contributed by atoms with Gasteiger partial charge in [0, 0.05) is 6.08 Å². The quantitative estimate of drug-likeness (QED) is 0.456. The van der Waals surface area contributed by atoms with Crippen LogP contribution in [-0.2, 0) is 23.9 Å². The summed E-state index contributed by atoms with van der Waals surface area (Å²) in [4.78, 5) is 35.0. The molecule has 0 aliphatic heterocycles. The van der Waals surface area contributed by atoms with E-state index in [9.17, 15) is 14.4 Å². The predicted molar refractivity (Wildman–Crippen MR) is 72.9 cm³/mol. The summed E-state index contributed by atoms with van der Waals surface area (Å²) in [6.45, 7) is 3.37. The standard InChI is InChI=1S/C14H17NO6/c1-3-19-13(17)12(14(18)20-4-2)15-11(16)8-7-10-6-5-9-21-10/h5-9,12H,3-4H2,1-2H3,(H,15,16)/b8-7+. The van der Waals surface area contributed by atoms with Crippen LogP contribution in [0.3, 0.4) is 0 Å². The number of furan rings is 1. The van der Waals surface area contributed by atoms with Crippen molar-refractivity contribution in [2.75, 3.05) is 13.2 Å². The van der Waals surface area contributed by atoms with Crippen LogP contribution >= 0.6 is 0 Å². The first-order chi connectivity index (χ1) is 10.1. The number of carbonyl (C=O) groups excluding carboxylic acids is 3. The zero-order chi connectivity index (χ0) is 15.7. The number of amides is 1. The van der Waals surface area contributed by atoms with Gasteiger partial charge >= 0.3 is 11.9 Å². The second-order valence-electron chi connectivity index (χ2n) is 3.79. The fourth-order valence-corrected chi connectivity index (χ4v) is 1.40. The number of esters is 2. The molecule has 7 nitrogen and oxygen atoms in total. The molecule has 0 fully saturated rings. The van der Waals surface area contributed by atoms with Crippen molar-refractivity contribution in [2.24, 2.45) is 0 Å². The maximum atomic E-state index is 11.7. The van der Waals surface area contributed by atoms with Crippen LogP contribution in [0, 0.1) is 0 Å². The van der Waals surface area contributed by atoms with Gasteiger partial charge in [0.05, 0.1) is 19.5 Å². The minimum Gasteiger partial charge on any atom is -0.465 e. The molecule has 0 atom stereocenters. The molecule has 114 valence electrons. The molecule has 0 spiro atoms. The van der Waals surface area contributed by atoms with Crippen molar-refractivity contribution >= 4 is 23.9 Å². The van der Waals surface area contributed by atoms with Crippen molar-refractivity contribution in [1.29, 1.82) is 0 Å². The molecule has 0 radical (unpaired) electrons. The molecule has 0 aliphatic rings. The van der Waals surface area contributed by atoms with Crippen molar-refractivity contribution in [3.63, 3.8) is 0 Å². The van der Waals surface area contributed by atoms with Crippen LogP contribution in [0.4, 0.5) is 0 Å². The average Bonchev–Trinajstić information content (AvgIpc) is 2.96. The summed E-state index contributed by atoms with van der Waals surface area (Å²) < 4.78 is 14.5. The lowest BCUT2D eigenvalue weighted by Gasteiger charge is -2.14. The molecule has 7 heteroatoms. The Morgan fingerprint density at radius 2 is 1.86 bits per heavy atom. The summed E-state index contributed by atoms with van der Waals surface area (Å²) in [6.07, 6.45) is 4.00. The third-order valence-electron chi connectivity index (χ3n) is 2.27. The second kappa shape index (κ2) is 8.57. The molecular formula is C14H17NO6. The fraction of sp³-hybridized carbons (Fsp3) is 0.357. The van der Waals surface area contributed by atoms with Crippen molar-refractivity contribution in [3.8, 4) is 0 Å². The maximum absolute atomic E-state index is 11.7. The minimum absolute atomic E-state index is 0.0901. The van der Waals surface area contributed by atoms with Crippen molar-refractivity contribution in [1.82, 2.24) is 5.32 Å². The van der Waals surface area contributed by atoms with Crippen LogP contribution in [0.1, 0.15) is 19.6 Å². The van der Waals surface area contributed by atoms with Gasteiger partial charge in [0.2, 0.25) is 11.9 Å². The number of hydrogen-bond donors (Lipinski definition) is 1. The van der Waals surface area contributed by atoms with E-state index in [1.54, 1.807) is 26.0 Å². The van der Waals surface area contributed by atoms with Gasteiger partial charge in [-0.15, -0.1) is 0 Å². The van der Waals surface area contributed by atoms with E-state index in [1.165, 1.54) is 12.3 Å². The Balaban J connectivity index is 2.68. The van der Waals surface area contributed by atoms with E-state index in [0.29, 0.717) is 5.76 Å². The van der Waals surface area contributed by atoms with E-state index < -0.39 is 23.9 Å². The Hall–Kier alpha value is -2.57. The Labute approximate surface area is 121 Å². The average molecular weight is 295 g/mol. The first-order valence-corrected chi connectivity index (χ1v) is 6.43. The highest BCUT2D eigenvalue weighted by Gasteiger charge is 2.30. The molecule has 0 bridgehead atoms. The zero-order valence-corrected chi connectivity index (χ0v) is 11.8. The largest absolute Gasteiger partial charge is 0.465 e. The van der Waals surface area contributed by atoms with Crippen LogP contribution in [0.5, 0.6) is 0 Å². The van der Waals surface area contributed by atoms with E-state index in [4.69, 9.17) is 13.9 Å². The summed E-state index contributed by atoms with van der Waals surface area (Å²) in [5.41, 5.74) is 0. The zero-order valence-electron chi connectivity index (χ0n) is 11.8. The summed E-state index contributed by atoms with van der Waals surface area (Å²) in [5.74, 6) is -1.90. The van der Waals surface area contributed by atoms with Gasteiger partial charge in [-0.2, -0.15) is 0 Å². The highest BCUT2D eigenvalue weighted by molar-refractivity contribution is 6.04. The number of ether oxygens (including phenoxy) is 2. The molecule has 0 saturated carbocycles. The number of nitrogens with one attached hydrogen (secondary N) is 1. The molecule has 0 aliphatic carbocycles. The molecule has 0 aromatic carbocycles. The van der Waals surface area contributed by atoms with E-state index in [2.05, 4.69) is 5.32 Å². The summed E-state index contributed by atoms with van der Waals surface area (Å²) in [5, 5.41) is 2.23. The number of rotatable bonds is 7. The van der Waals surface area contributed by atoms with Crippen LogP contribution in [0.25, 0.3) is 6.08 Å². The van der Waals surface area contributed by atoms with Gasteiger partial charge in [0.15, 0.2) is 0 Å². The van der Waals surface area contributed by atoms with Gasteiger partial charge in [-0.1, -0.05) is 0 Å². The van der Waals surface area contributed by atoms with Gasteiger partial charge in [-0.05, 0) is 32.1 Å². The molecule has 1 N–H and O–H groups in total. The lowest BCUT2D eigenvalue weighted by atomic mass is 10.3. The molecular weight excluding hydrogens is 278 g/mol. The van der Waals surface area contributed by atoms with Gasteiger partial charge < -0.3 is 19.2 Å². The third kappa shape index (κ3) is 5.52. The van der Waals surface area contributed by atoms with E-state index >= 15 is 0 Å². The second-order valence-corrected chi connectivity index (χ2v) is 3.79. The van der Waals surface area contributed by atoms with Crippen molar-refractivity contribution in [2.45, 2.75) is 19.9 Å². The summed E-state index contributed by atoms with van der Waals surface area (Å²) >= 11 is 0. The summed E-state index contributed by atoms with van der Waals surface area (Å²) in [7, 11) is 0. The van der Waals surface area contributed by atoms with Crippen LogP contribution in [0.15, 0.2) is 28.9 Å². The van der Waals surface area contributed by atoms with E-state index in [-0.39, 0.29) is 13.2 Å². The monoisotopic (exact) mass is 295 g/mol. The Morgan fingerprint density at radius 3 is 2.33 bits per heavy atom. The van der Waals surface area contributed by atoms with Crippen LogP contribution < -0.4 is 5.32 Å². The molecule has 1 amide bonds. The smallest absolute Gasteiger partial charge is 0.340 e. The van der Waals surface area contributed by atoms with Gasteiger partial charge in [0.1, 0.15) is 5.76 Å². The topological polar surface area (TPSA) is 94.8 Å². The van der Waals surface area contributed by atoms with Gasteiger partial charge in [-0.3, -0.25) is 4.79 Å². The molecule has 1 aromatic heterocycles. The molecule has 21 heavy (non-hydrogen) atoms. The van der Waals surface area contributed by atoms with Gasteiger partial charge in [-0.25, -0.2) is 9.59 Å². The number of carbonyl (C=O) groups is 3. The van der Waals surface area contributed by atoms with Crippen molar-refractivity contribution in [3.05, 3.63) is 30.2 Å². The van der Waals surface area contributed by atoms with Crippen LogP contribution in [-0.4, -0.2) is 37.1 Å². The molecule has 0 unspecified atom stereocenters. The highest BCUT2D eigenvalue weighted by atomic mass is 16.6. The third-order valence-corrected chi connectivity index (χ3v) is 2.27. The molecule has 1 heterocycles. The van der Waals surface area contributed by atoms with Crippen LogP contribution in [0.2, 0.25) is 0 Å². The lowest BCUT2D eigenvalue weighted by Crippen LogP contribution is -2.47. The predicted octanol–water partition coefficient (Wildman–Crippen LogP) is 0.904. The molecule has 1 aromatic rings. The first-order valence-electron chi connectivity index (χ1n) is 6.43. The normalized spacial score (nSPS) is 10.6. The molecule has 0 saturated heterocycles. The lowest BCUT2D eigenvalue weighted by molar-refractivity contribution is -0.159. The van der Waals surface area contributed by atoms with E-state index in [1.807, 2.05) is 0 Å². The molecule has 1 rings (SSSR count). The first kappa shape index (κ1) is 16.5. The SMILES string of the molecule is CCOC(=O)C(NC(=O)/C=C/c1ccco1)C(=O)OCC. The minimum atomic E-state index is -1.49. The Bertz CT molecular complexity index is 488. The van der Waals surface area contributed by atoms with Gasteiger partial charge in [0.25, 0.3) is 0 Å². The Kier molecular flexibility index (Phi) is 6.73. The highest BCUT2D eigenvalue weighted by Crippen LogP contribution is 2.02. The number of hydrogen-bond acceptors (Lipinski definition) is 6.